The van der Waals surface area contributed by atoms with Crippen LogP contribution >= 0.6 is 23.4 Å². The van der Waals surface area contributed by atoms with E-state index in [0.717, 1.165) is 41.9 Å². The lowest BCUT2D eigenvalue weighted by Gasteiger charge is -2.38. The summed E-state index contributed by atoms with van der Waals surface area (Å²) in [6.45, 7) is 7.98. The highest BCUT2D eigenvalue weighted by atomic mass is 35.5. The first-order valence-corrected chi connectivity index (χ1v) is 10.8. The zero-order valence-corrected chi connectivity index (χ0v) is 18.2. The monoisotopic (exact) mass is 425 g/mol. The fourth-order valence-electron chi connectivity index (χ4n) is 3.56. The number of piperazine rings is 1. The second-order valence-corrected chi connectivity index (χ2v) is 8.66. The van der Waals surface area contributed by atoms with Crippen LogP contribution in [0.3, 0.4) is 0 Å². The van der Waals surface area contributed by atoms with Crippen LogP contribution in [0.4, 0.5) is 17.2 Å². The molecule has 5 nitrogen and oxygen atoms in total. The molecule has 0 unspecified atom stereocenters. The number of anilines is 3. The number of hydrogen-bond acceptors (Lipinski definition) is 6. The van der Waals surface area contributed by atoms with Crippen LogP contribution in [0.25, 0.3) is 0 Å². The van der Waals surface area contributed by atoms with Gasteiger partial charge in [0.05, 0.1) is 0 Å². The highest BCUT2D eigenvalue weighted by Crippen LogP contribution is 2.35. The van der Waals surface area contributed by atoms with E-state index in [9.17, 15) is 0 Å². The Morgan fingerprint density at radius 2 is 1.62 bits per heavy atom. The van der Waals surface area contributed by atoms with Gasteiger partial charge in [-0.1, -0.05) is 35.5 Å². The number of benzene rings is 2. The molecule has 0 radical (unpaired) electrons. The predicted molar refractivity (Wildman–Crippen MR) is 122 cm³/mol. The normalized spacial score (nSPS) is 14.3. The quantitative estimate of drug-likeness (QED) is 0.605. The molecular weight excluding hydrogens is 402 g/mol. The van der Waals surface area contributed by atoms with E-state index in [1.54, 1.807) is 6.33 Å². The minimum atomic E-state index is 0.632. The summed E-state index contributed by atoms with van der Waals surface area (Å²) in [4.78, 5) is 14.6. The van der Waals surface area contributed by atoms with Gasteiger partial charge in [0.15, 0.2) is 5.82 Å². The van der Waals surface area contributed by atoms with E-state index in [1.807, 2.05) is 24.3 Å². The molecule has 3 aromatic rings. The molecule has 0 saturated carbocycles. The maximum absolute atomic E-state index is 6.45. The molecule has 0 atom stereocenters. The largest absolute Gasteiger partial charge is 0.394 e. The summed E-state index contributed by atoms with van der Waals surface area (Å²) < 4.78 is 0. The van der Waals surface area contributed by atoms with E-state index in [0.29, 0.717) is 10.7 Å². The molecule has 1 fully saturated rings. The molecule has 2 N–H and O–H groups in total. The fraction of sp³-hybridized carbons (Fsp3) is 0.273. The highest BCUT2D eigenvalue weighted by Gasteiger charge is 2.22. The predicted octanol–water partition coefficient (Wildman–Crippen LogP) is 4.81. The van der Waals surface area contributed by atoms with Crippen LogP contribution in [-0.2, 0) is 0 Å². The molecule has 1 aliphatic heterocycles. The molecule has 150 valence electrons. The molecule has 2 aromatic carbocycles. The van der Waals surface area contributed by atoms with E-state index in [-0.39, 0.29) is 0 Å². The molecule has 0 spiro atoms. The number of nitrogen functional groups attached to an aromatic ring is 1. The van der Waals surface area contributed by atoms with E-state index >= 15 is 0 Å². The van der Waals surface area contributed by atoms with Crippen LogP contribution < -0.4 is 15.5 Å². The first-order valence-electron chi connectivity index (χ1n) is 9.63. The molecular formula is C22H24ClN5S. The lowest BCUT2D eigenvalue weighted by Crippen LogP contribution is -2.47. The van der Waals surface area contributed by atoms with E-state index in [4.69, 9.17) is 17.3 Å². The van der Waals surface area contributed by atoms with Crippen molar-refractivity contribution in [2.75, 3.05) is 41.7 Å². The van der Waals surface area contributed by atoms with Crippen molar-refractivity contribution in [3.8, 4) is 0 Å². The number of nitrogens with two attached hydrogens (primary N) is 1. The SMILES string of the molecule is Cc1cccc(N2CCN(c3ncnc(Sc4ccc(Cl)cc4)c3N)CC2)c1C. The topological polar surface area (TPSA) is 58.3 Å². The third-order valence-corrected chi connectivity index (χ3v) is 6.63. The Hall–Kier alpha value is -2.44. The van der Waals surface area contributed by atoms with Crippen molar-refractivity contribution < 1.29 is 0 Å². The lowest BCUT2D eigenvalue weighted by atomic mass is 10.1. The van der Waals surface area contributed by atoms with Gasteiger partial charge in [-0.3, -0.25) is 0 Å². The fourth-order valence-corrected chi connectivity index (χ4v) is 4.48. The molecule has 0 aliphatic carbocycles. The van der Waals surface area contributed by atoms with E-state index in [1.165, 1.54) is 28.6 Å². The zero-order chi connectivity index (χ0) is 20.4. The summed E-state index contributed by atoms with van der Waals surface area (Å²) in [6, 6.07) is 14.2. The minimum Gasteiger partial charge on any atom is -0.394 e. The van der Waals surface area contributed by atoms with Crippen LogP contribution in [0.2, 0.25) is 5.02 Å². The average molecular weight is 426 g/mol. The Balaban J connectivity index is 1.48. The van der Waals surface area contributed by atoms with Gasteiger partial charge in [-0.15, -0.1) is 0 Å². The molecule has 2 heterocycles. The van der Waals surface area contributed by atoms with Crippen molar-refractivity contribution in [2.24, 2.45) is 0 Å². The summed E-state index contributed by atoms with van der Waals surface area (Å²) in [6.07, 6.45) is 1.60. The number of aromatic nitrogens is 2. The standard InChI is InChI=1S/C22H24ClN5S/c1-15-4-3-5-19(16(15)2)27-10-12-28(13-11-27)21-20(24)22(26-14-25-21)29-18-8-6-17(23)7-9-18/h3-9,14H,10-13,24H2,1-2H3. The summed E-state index contributed by atoms with van der Waals surface area (Å²) in [7, 11) is 0. The molecule has 7 heteroatoms. The Bertz CT molecular complexity index is 1000. The Kier molecular flexibility index (Phi) is 5.83. The highest BCUT2D eigenvalue weighted by molar-refractivity contribution is 7.99. The van der Waals surface area contributed by atoms with E-state index in [2.05, 4.69) is 51.8 Å². The maximum Gasteiger partial charge on any atom is 0.156 e. The Labute approximate surface area is 180 Å². The summed E-state index contributed by atoms with van der Waals surface area (Å²) >= 11 is 7.51. The van der Waals surface area contributed by atoms with Crippen LogP contribution in [0.15, 0.2) is 58.7 Å². The van der Waals surface area contributed by atoms with Crippen LogP contribution in [0, 0.1) is 13.8 Å². The number of halogens is 1. The van der Waals surface area contributed by atoms with Gasteiger partial charge in [-0.2, -0.15) is 0 Å². The number of rotatable bonds is 4. The molecule has 4 rings (SSSR count). The first-order chi connectivity index (χ1) is 14.0. The summed E-state index contributed by atoms with van der Waals surface area (Å²) in [5.74, 6) is 0.817. The summed E-state index contributed by atoms with van der Waals surface area (Å²) in [5.41, 5.74) is 11.1. The number of aryl methyl sites for hydroxylation is 1. The third kappa shape index (κ3) is 4.28. The molecule has 0 bridgehead atoms. The molecule has 0 amide bonds. The molecule has 1 saturated heterocycles. The average Bonchev–Trinajstić information content (AvgIpc) is 2.73. The van der Waals surface area contributed by atoms with Crippen molar-refractivity contribution in [2.45, 2.75) is 23.8 Å². The zero-order valence-electron chi connectivity index (χ0n) is 16.6. The first kappa shape index (κ1) is 19.9. The molecule has 29 heavy (non-hydrogen) atoms. The second kappa shape index (κ2) is 8.51. The Morgan fingerprint density at radius 3 is 2.34 bits per heavy atom. The lowest BCUT2D eigenvalue weighted by molar-refractivity contribution is 0.645. The van der Waals surface area contributed by atoms with Gasteiger partial charge >= 0.3 is 0 Å². The van der Waals surface area contributed by atoms with Gasteiger partial charge in [-0.05, 0) is 55.3 Å². The van der Waals surface area contributed by atoms with Gasteiger partial charge < -0.3 is 15.5 Å². The van der Waals surface area contributed by atoms with E-state index < -0.39 is 0 Å². The maximum atomic E-state index is 6.45. The van der Waals surface area contributed by atoms with Crippen LogP contribution in [-0.4, -0.2) is 36.1 Å². The van der Waals surface area contributed by atoms with Crippen molar-refractivity contribution in [3.63, 3.8) is 0 Å². The van der Waals surface area contributed by atoms with Gasteiger partial charge in [0.1, 0.15) is 17.0 Å². The smallest absolute Gasteiger partial charge is 0.156 e. The number of nitrogens with zero attached hydrogens (tertiary/aromatic N) is 4. The molecule has 1 aromatic heterocycles. The Morgan fingerprint density at radius 1 is 0.931 bits per heavy atom. The van der Waals surface area contributed by atoms with Crippen molar-refractivity contribution in [3.05, 3.63) is 64.9 Å². The minimum absolute atomic E-state index is 0.632. The molecule has 1 aliphatic rings. The second-order valence-electron chi connectivity index (χ2n) is 7.17. The van der Waals surface area contributed by atoms with Crippen LogP contribution in [0.5, 0.6) is 0 Å². The number of hydrogen-bond donors (Lipinski definition) is 1. The van der Waals surface area contributed by atoms with Crippen molar-refractivity contribution in [1.29, 1.82) is 0 Å². The van der Waals surface area contributed by atoms with Crippen molar-refractivity contribution in [1.82, 2.24) is 9.97 Å². The van der Waals surface area contributed by atoms with Gasteiger partial charge in [-0.25, -0.2) is 9.97 Å². The van der Waals surface area contributed by atoms with Gasteiger partial charge in [0, 0.05) is 41.8 Å². The van der Waals surface area contributed by atoms with Crippen LogP contribution in [0.1, 0.15) is 11.1 Å². The van der Waals surface area contributed by atoms with Gasteiger partial charge in [0.2, 0.25) is 0 Å². The summed E-state index contributed by atoms with van der Waals surface area (Å²) in [5, 5.41) is 1.49. The third-order valence-electron chi connectivity index (χ3n) is 5.35. The van der Waals surface area contributed by atoms with Crippen molar-refractivity contribution >= 4 is 40.6 Å². The van der Waals surface area contributed by atoms with Gasteiger partial charge in [0.25, 0.3) is 0 Å².